The summed E-state index contributed by atoms with van der Waals surface area (Å²) in [4.78, 5) is 18.7. The summed E-state index contributed by atoms with van der Waals surface area (Å²) >= 11 is 1.38. The number of nitrogens with zero attached hydrogens (tertiary/aromatic N) is 2. The lowest BCUT2D eigenvalue weighted by atomic mass is 10.1. The van der Waals surface area contributed by atoms with E-state index in [1.54, 1.807) is 6.08 Å². The van der Waals surface area contributed by atoms with Crippen molar-refractivity contribution in [1.29, 1.82) is 0 Å². The zero-order chi connectivity index (χ0) is 19.5. The molecule has 0 unspecified atom stereocenters. The van der Waals surface area contributed by atoms with Crippen LogP contribution in [0.1, 0.15) is 5.56 Å². The minimum absolute atomic E-state index is 0.219. The Morgan fingerprint density at radius 2 is 1.93 bits per heavy atom. The van der Waals surface area contributed by atoms with Crippen molar-refractivity contribution in [1.82, 2.24) is 4.98 Å². The number of ether oxygens (including phenoxy) is 2. The van der Waals surface area contributed by atoms with E-state index in [0.29, 0.717) is 10.9 Å². The number of fused-ring (bicyclic) bond motifs is 1. The number of nitrogens with one attached hydrogen (secondary N) is 1. The highest BCUT2D eigenvalue weighted by atomic mass is 32.1. The van der Waals surface area contributed by atoms with Gasteiger partial charge in [0.15, 0.2) is 16.6 Å². The molecule has 3 aromatic rings. The normalized spacial score (nSPS) is 12.4. The Morgan fingerprint density at radius 1 is 1.14 bits per heavy atom. The van der Waals surface area contributed by atoms with Gasteiger partial charge >= 0.3 is 0 Å². The van der Waals surface area contributed by atoms with Crippen molar-refractivity contribution >= 4 is 34.1 Å². The minimum Gasteiger partial charge on any atom is -0.454 e. The van der Waals surface area contributed by atoms with Crippen molar-refractivity contribution in [3.63, 3.8) is 0 Å². The fraction of sp³-hybridized carbons (Fsp3) is 0.143. The Kier molecular flexibility index (Phi) is 4.99. The third-order valence-corrected chi connectivity index (χ3v) is 5.00. The van der Waals surface area contributed by atoms with Gasteiger partial charge in [-0.25, -0.2) is 4.98 Å². The van der Waals surface area contributed by atoms with E-state index in [0.717, 1.165) is 28.3 Å². The highest BCUT2D eigenvalue weighted by Gasteiger charge is 2.15. The van der Waals surface area contributed by atoms with Crippen LogP contribution in [0.4, 0.5) is 10.8 Å². The third-order valence-electron chi connectivity index (χ3n) is 4.24. The van der Waals surface area contributed by atoms with Crippen molar-refractivity contribution < 1.29 is 14.3 Å². The van der Waals surface area contributed by atoms with Crippen LogP contribution < -0.4 is 19.7 Å². The molecule has 142 valence electrons. The van der Waals surface area contributed by atoms with Crippen molar-refractivity contribution in [2.75, 3.05) is 31.1 Å². The van der Waals surface area contributed by atoms with Gasteiger partial charge in [0.05, 0.1) is 5.69 Å². The summed E-state index contributed by atoms with van der Waals surface area (Å²) in [5.74, 6) is 1.22. The lowest BCUT2D eigenvalue weighted by molar-refractivity contribution is -0.111. The molecular formula is C21H19N3O3S. The predicted molar refractivity (Wildman–Crippen MR) is 112 cm³/mol. The Morgan fingerprint density at radius 3 is 2.71 bits per heavy atom. The molecule has 0 radical (unpaired) electrons. The topological polar surface area (TPSA) is 63.7 Å². The monoisotopic (exact) mass is 393 g/mol. The van der Waals surface area contributed by atoms with E-state index in [1.807, 2.05) is 66.8 Å². The fourth-order valence-electron chi connectivity index (χ4n) is 2.72. The summed E-state index contributed by atoms with van der Waals surface area (Å²) in [6.45, 7) is 0.237. The second-order valence-corrected chi connectivity index (χ2v) is 7.27. The third kappa shape index (κ3) is 3.99. The number of hydrogen-bond acceptors (Lipinski definition) is 6. The SMILES string of the molecule is CN(C)c1ccc(/C=C/C(=O)Nc2nc(-c3ccc4c(c3)OCO4)cs2)cc1. The van der Waals surface area contributed by atoms with Gasteiger partial charge in [0.2, 0.25) is 12.7 Å². The second kappa shape index (κ2) is 7.74. The molecule has 2 heterocycles. The molecule has 0 saturated carbocycles. The van der Waals surface area contributed by atoms with Gasteiger partial charge in [-0.1, -0.05) is 12.1 Å². The number of hydrogen-bond donors (Lipinski definition) is 1. The number of carbonyl (C=O) groups excluding carboxylic acids is 1. The van der Waals surface area contributed by atoms with Crippen molar-refractivity contribution in [3.05, 3.63) is 59.5 Å². The first-order chi connectivity index (χ1) is 13.6. The standard InChI is InChI=1S/C21H19N3O3S/c1-24(2)16-7-3-14(4-8-16)5-10-20(25)23-21-22-17(12-28-21)15-6-9-18-19(11-15)27-13-26-18/h3-12H,13H2,1-2H3,(H,22,23,25)/b10-5+. The molecule has 0 spiro atoms. The molecule has 0 atom stereocenters. The van der Waals surface area contributed by atoms with Crippen molar-refractivity contribution in [3.8, 4) is 22.8 Å². The summed E-state index contributed by atoms with van der Waals surface area (Å²) in [6.07, 6.45) is 3.29. The van der Waals surface area contributed by atoms with Gasteiger partial charge < -0.3 is 14.4 Å². The van der Waals surface area contributed by atoms with E-state index in [9.17, 15) is 4.79 Å². The number of thiazole rings is 1. The van der Waals surface area contributed by atoms with Crippen LogP contribution in [0.2, 0.25) is 0 Å². The lowest BCUT2D eigenvalue weighted by Gasteiger charge is -2.11. The number of rotatable bonds is 5. The Hall–Kier alpha value is -3.32. The lowest BCUT2D eigenvalue weighted by Crippen LogP contribution is -2.08. The average Bonchev–Trinajstić information content (AvgIpc) is 3.35. The molecule has 1 aliphatic rings. The number of benzene rings is 2. The average molecular weight is 393 g/mol. The van der Waals surface area contributed by atoms with Crippen LogP contribution in [0, 0.1) is 0 Å². The molecule has 7 heteroatoms. The van der Waals surface area contributed by atoms with Crippen molar-refractivity contribution in [2.24, 2.45) is 0 Å². The largest absolute Gasteiger partial charge is 0.454 e. The zero-order valence-electron chi connectivity index (χ0n) is 15.5. The number of aromatic nitrogens is 1. The number of anilines is 2. The van der Waals surface area contributed by atoms with E-state index in [1.165, 1.54) is 17.4 Å². The molecular weight excluding hydrogens is 374 g/mol. The van der Waals surface area contributed by atoms with E-state index in [4.69, 9.17) is 9.47 Å². The van der Waals surface area contributed by atoms with Gasteiger partial charge in [-0.05, 0) is 42.0 Å². The number of amides is 1. The molecule has 6 nitrogen and oxygen atoms in total. The van der Waals surface area contributed by atoms with Gasteiger partial charge in [-0.15, -0.1) is 11.3 Å². The molecule has 0 bridgehead atoms. The molecule has 0 saturated heterocycles. The van der Waals surface area contributed by atoms with Crippen LogP contribution in [0.25, 0.3) is 17.3 Å². The molecule has 2 aromatic carbocycles. The molecule has 1 aromatic heterocycles. The highest BCUT2D eigenvalue weighted by molar-refractivity contribution is 7.14. The summed E-state index contributed by atoms with van der Waals surface area (Å²) in [7, 11) is 3.98. The van der Waals surface area contributed by atoms with E-state index >= 15 is 0 Å². The first-order valence-corrected chi connectivity index (χ1v) is 9.58. The molecule has 0 fully saturated rings. The highest BCUT2D eigenvalue weighted by Crippen LogP contribution is 2.36. The van der Waals surface area contributed by atoms with Crippen LogP contribution >= 0.6 is 11.3 Å². The van der Waals surface area contributed by atoms with Gasteiger partial charge in [0.25, 0.3) is 0 Å². The second-order valence-electron chi connectivity index (χ2n) is 6.41. The van der Waals surface area contributed by atoms with E-state index < -0.39 is 0 Å². The maximum absolute atomic E-state index is 12.2. The summed E-state index contributed by atoms with van der Waals surface area (Å²) in [5.41, 5.74) is 3.76. The maximum Gasteiger partial charge on any atom is 0.250 e. The van der Waals surface area contributed by atoms with Gasteiger partial charge in [-0.3, -0.25) is 10.1 Å². The van der Waals surface area contributed by atoms with Gasteiger partial charge in [-0.2, -0.15) is 0 Å². The molecule has 1 amide bonds. The summed E-state index contributed by atoms with van der Waals surface area (Å²) in [5, 5.41) is 5.25. The molecule has 4 rings (SSSR count). The maximum atomic E-state index is 12.2. The molecule has 1 N–H and O–H groups in total. The minimum atomic E-state index is -0.219. The van der Waals surface area contributed by atoms with Gasteiger partial charge in [0, 0.05) is 36.8 Å². The Balaban J connectivity index is 1.40. The fourth-order valence-corrected chi connectivity index (χ4v) is 3.44. The Bertz CT molecular complexity index is 1030. The molecule has 1 aliphatic heterocycles. The first-order valence-electron chi connectivity index (χ1n) is 8.70. The summed E-state index contributed by atoms with van der Waals surface area (Å²) < 4.78 is 10.7. The van der Waals surface area contributed by atoms with E-state index in [-0.39, 0.29) is 12.7 Å². The van der Waals surface area contributed by atoms with Gasteiger partial charge in [0.1, 0.15) is 0 Å². The Labute approximate surface area is 167 Å². The predicted octanol–water partition coefficient (Wildman–Crippen LogP) is 4.26. The van der Waals surface area contributed by atoms with E-state index in [2.05, 4.69) is 10.3 Å². The molecule has 28 heavy (non-hydrogen) atoms. The van der Waals surface area contributed by atoms with Crippen molar-refractivity contribution in [2.45, 2.75) is 0 Å². The van der Waals surface area contributed by atoms with Crippen LogP contribution in [0.15, 0.2) is 53.9 Å². The quantitative estimate of drug-likeness (QED) is 0.657. The van der Waals surface area contributed by atoms with Crippen LogP contribution in [-0.4, -0.2) is 31.8 Å². The zero-order valence-corrected chi connectivity index (χ0v) is 16.3. The smallest absolute Gasteiger partial charge is 0.250 e. The molecule has 0 aliphatic carbocycles. The number of carbonyl (C=O) groups is 1. The summed E-state index contributed by atoms with van der Waals surface area (Å²) in [6, 6.07) is 13.6. The first kappa shape index (κ1) is 18.1. The van der Waals surface area contributed by atoms with Crippen LogP contribution in [-0.2, 0) is 4.79 Å². The van der Waals surface area contributed by atoms with Crippen LogP contribution in [0.3, 0.4) is 0 Å². The van der Waals surface area contributed by atoms with Crippen LogP contribution in [0.5, 0.6) is 11.5 Å².